The second-order valence-corrected chi connectivity index (χ2v) is 9.01. The number of hydrogen-bond donors (Lipinski definition) is 3. The van der Waals surface area contributed by atoms with E-state index in [-0.39, 0.29) is 12.5 Å². The Morgan fingerprint density at radius 2 is 1.28 bits per heavy atom. The highest BCUT2D eigenvalue weighted by atomic mass is 16.5. The van der Waals surface area contributed by atoms with Gasteiger partial charge < -0.3 is 20.5 Å². The zero-order valence-electron chi connectivity index (χ0n) is 20.5. The van der Waals surface area contributed by atoms with E-state index in [0.717, 1.165) is 16.7 Å². The normalized spacial score (nSPS) is 12.6. The molecule has 3 N–H and O–H groups in total. The number of hydrogen-bond acceptors (Lipinski definition) is 4. The zero-order chi connectivity index (χ0) is 25.9. The van der Waals surface area contributed by atoms with Crippen molar-refractivity contribution in [3.8, 4) is 0 Å². The van der Waals surface area contributed by atoms with E-state index in [0.29, 0.717) is 6.42 Å². The van der Waals surface area contributed by atoms with Gasteiger partial charge in [0.25, 0.3) is 0 Å². The van der Waals surface area contributed by atoms with Crippen molar-refractivity contribution in [2.75, 3.05) is 0 Å². The van der Waals surface area contributed by atoms with E-state index in [1.807, 2.05) is 105 Å². The summed E-state index contributed by atoms with van der Waals surface area (Å²) in [6.45, 7) is 3.90. The number of carbonyl (C=O) groups is 3. The predicted octanol–water partition coefficient (Wildman–Crippen LogP) is 4.73. The second kappa shape index (κ2) is 13.1. The van der Waals surface area contributed by atoms with Crippen molar-refractivity contribution in [3.63, 3.8) is 0 Å². The van der Waals surface area contributed by atoms with E-state index in [1.54, 1.807) is 0 Å². The molecule has 7 nitrogen and oxygen atoms in total. The van der Waals surface area contributed by atoms with Gasteiger partial charge in [0.05, 0.1) is 0 Å². The summed E-state index contributed by atoms with van der Waals surface area (Å²) in [4.78, 5) is 38.2. The Bertz CT molecular complexity index is 1080. The van der Waals surface area contributed by atoms with E-state index < -0.39 is 36.0 Å². The van der Waals surface area contributed by atoms with Crippen LogP contribution in [0.5, 0.6) is 0 Å². The van der Waals surface area contributed by atoms with Crippen molar-refractivity contribution in [2.45, 2.75) is 44.9 Å². The molecule has 2 atom stereocenters. The van der Waals surface area contributed by atoms with Gasteiger partial charge in [-0.05, 0) is 29.0 Å². The van der Waals surface area contributed by atoms with Crippen molar-refractivity contribution >= 4 is 18.0 Å². The van der Waals surface area contributed by atoms with Gasteiger partial charge in [0.15, 0.2) is 0 Å². The van der Waals surface area contributed by atoms with Crippen molar-refractivity contribution in [1.82, 2.24) is 10.6 Å². The van der Waals surface area contributed by atoms with Gasteiger partial charge in [-0.2, -0.15) is 0 Å². The van der Waals surface area contributed by atoms with Gasteiger partial charge in [0, 0.05) is 5.92 Å². The molecule has 3 aromatic carbocycles. The van der Waals surface area contributed by atoms with Gasteiger partial charge in [0.1, 0.15) is 18.7 Å². The SMILES string of the molecule is CC(C)C[C@H](NC(=O)OCc1ccccc1)C(=O)N[C@H](C(=O)O)C(c1ccccc1)c1ccccc1. The summed E-state index contributed by atoms with van der Waals surface area (Å²) in [5.74, 6) is -2.31. The second-order valence-electron chi connectivity index (χ2n) is 9.01. The summed E-state index contributed by atoms with van der Waals surface area (Å²) >= 11 is 0. The quantitative estimate of drug-likeness (QED) is 0.362. The number of nitrogens with one attached hydrogen (secondary N) is 2. The molecule has 3 aromatic rings. The summed E-state index contributed by atoms with van der Waals surface area (Å²) in [7, 11) is 0. The Kier molecular flexibility index (Phi) is 9.63. The first-order chi connectivity index (χ1) is 17.3. The number of carboxylic acid groups (broad SMARTS) is 1. The maximum Gasteiger partial charge on any atom is 0.408 e. The van der Waals surface area contributed by atoms with Gasteiger partial charge in [-0.3, -0.25) is 4.79 Å². The lowest BCUT2D eigenvalue weighted by Crippen LogP contribution is -2.53. The standard InChI is InChI=1S/C29H32N2O5/c1-20(2)18-24(30-29(35)36-19-21-12-6-3-7-13-21)27(32)31-26(28(33)34)25(22-14-8-4-9-15-22)23-16-10-5-11-17-23/h3-17,20,24-26H,18-19H2,1-2H3,(H,30,35)(H,31,32)(H,33,34)/t24-,26-/m0/s1. The lowest BCUT2D eigenvalue weighted by atomic mass is 9.84. The van der Waals surface area contributed by atoms with Crippen LogP contribution in [-0.2, 0) is 20.9 Å². The number of benzene rings is 3. The Morgan fingerprint density at radius 3 is 1.75 bits per heavy atom. The largest absolute Gasteiger partial charge is 0.480 e. The maximum absolute atomic E-state index is 13.3. The molecule has 0 aromatic heterocycles. The average Bonchev–Trinajstić information content (AvgIpc) is 2.88. The third kappa shape index (κ3) is 7.70. The molecule has 0 heterocycles. The third-order valence-electron chi connectivity index (χ3n) is 5.74. The van der Waals surface area contributed by atoms with E-state index in [4.69, 9.17) is 4.74 Å². The molecule has 0 bridgehead atoms. The molecular formula is C29H32N2O5. The average molecular weight is 489 g/mol. The first kappa shape index (κ1) is 26.5. The van der Waals surface area contributed by atoms with E-state index in [2.05, 4.69) is 10.6 Å². The lowest BCUT2D eigenvalue weighted by Gasteiger charge is -2.28. The number of alkyl carbamates (subject to hydrolysis) is 1. The Balaban J connectivity index is 1.79. The van der Waals surface area contributed by atoms with E-state index in [9.17, 15) is 19.5 Å². The molecule has 0 aliphatic carbocycles. The molecule has 188 valence electrons. The first-order valence-corrected chi connectivity index (χ1v) is 12.0. The number of rotatable bonds is 11. The number of carbonyl (C=O) groups excluding carboxylic acids is 2. The minimum atomic E-state index is -1.25. The molecule has 0 saturated carbocycles. The van der Waals surface area contributed by atoms with Crippen LogP contribution in [0.2, 0.25) is 0 Å². The van der Waals surface area contributed by atoms with Crippen LogP contribution in [0.1, 0.15) is 42.9 Å². The van der Waals surface area contributed by atoms with Crippen LogP contribution < -0.4 is 10.6 Å². The topological polar surface area (TPSA) is 105 Å². The van der Waals surface area contributed by atoms with Gasteiger partial charge >= 0.3 is 12.1 Å². The van der Waals surface area contributed by atoms with Crippen LogP contribution >= 0.6 is 0 Å². The summed E-state index contributed by atoms with van der Waals surface area (Å²) in [6.07, 6.45) is -0.422. The highest BCUT2D eigenvalue weighted by molar-refractivity contribution is 5.90. The molecule has 0 unspecified atom stereocenters. The molecule has 0 saturated heterocycles. The molecule has 7 heteroatoms. The van der Waals surface area contributed by atoms with E-state index in [1.165, 1.54) is 0 Å². The highest BCUT2D eigenvalue weighted by Gasteiger charge is 2.34. The van der Waals surface area contributed by atoms with Crippen molar-refractivity contribution in [1.29, 1.82) is 0 Å². The van der Waals surface area contributed by atoms with Gasteiger partial charge in [0.2, 0.25) is 5.91 Å². The van der Waals surface area contributed by atoms with Gasteiger partial charge in [-0.25, -0.2) is 9.59 Å². The molecule has 0 spiro atoms. The van der Waals surface area contributed by atoms with Crippen LogP contribution in [0.3, 0.4) is 0 Å². The Morgan fingerprint density at radius 1 is 0.778 bits per heavy atom. The third-order valence-corrected chi connectivity index (χ3v) is 5.74. The molecular weight excluding hydrogens is 456 g/mol. The maximum atomic E-state index is 13.3. The highest BCUT2D eigenvalue weighted by Crippen LogP contribution is 2.28. The molecule has 0 aliphatic rings. The van der Waals surface area contributed by atoms with Crippen LogP contribution in [0.25, 0.3) is 0 Å². The van der Waals surface area contributed by atoms with Crippen molar-refractivity contribution in [2.24, 2.45) is 5.92 Å². The van der Waals surface area contributed by atoms with Gasteiger partial charge in [-0.1, -0.05) is 105 Å². The van der Waals surface area contributed by atoms with Crippen LogP contribution in [0.15, 0.2) is 91.0 Å². The first-order valence-electron chi connectivity index (χ1n) is 12.0. The molecule has 0 radical (unpaired) electrons. The van der Waals surface area contributed by atoms with Crippen molar-refractivity contribution in [3.05, 3.63) is 108 Å². The Labute approximate surface area is 211 Å². The fourth-order valence-electron chi connectivity index (χ4n) is 4.05. The summed E-state index contributed by atoms with van der Waals surface area (Å²) in [5, 5.41) is 15.4. The molecule has 36 heavy (non-hydrogen) atoms. The van der Waals surface area contributed by atoms with Crippen LogP contribution in [-0.4, -0.2) is 35.2 Å². The van der Waals surface area contributed by atoms with Crippen LogP contribution in [0, 0.1) is 5.92 Å². The number of ether oxygens (including phenoxy) is 1. The smallest absolute Gasteiger partial charge is 0.408 e. The zero-order valence-corrected chi connectivity index (χ0v) is 20.5. The number of carboxylic acids is 1. The van der Waals surface area contributed by atoms with Crippen molar-refractivity contribution < 1.29 is 24.2 Å². The summed E-state index contributed by atoms with van der Waals surface area (Å²) < 4.78 is 5.28. The Hall–Kier alpha value is -4.13. The number of aliphatic carboxylic acids is 1. The molecule has 2 amide bonds. The number of amides is 2. The fraction of sp³-hybridized carbons (Fsp3) is 0.276. The lowest BCUT2D eigenvalue weighted by molar-refractivity contribution is -0.142. The minimum Gasteiger partial charge on any atom is -0.480 e. The predicted molar refractivity (Wildman–Crippen MR) is 137 cm³/mol. The van der Waals surface area contributed by atoms with Gasteiger partial charge in [-0.15, -0.1) is 0 Å². The molecule has 0 aliphatic heterocycles. The summed E-state index contributed by atoms with van der Waals surface area (Å²) in [5.41, 5.74) is 2.33. The molecule has 0 fully saturated rings. The fourth-order valence-corrected chi connectivity index (χ4v) is 4.05. The monoisotopic (exact) mass is 488 g/mol. The van der Waals surface area contributed by atoms with E-state index >= 15 is 0 Å². The summed E-state index contributed by atoms with van der Waals surface area (Å²) in [6, 6.07) is 25.4. The minimum absolute atomic E-state index is 0.0600. The molecule has 3 rings (SSSR count). The van der Waals surface area contributed by atoms with Crippen LogP contribution in [0.4, 0.5) is 4.79 Å².